The van der Waals surface area contributed by atoms with Crippen LogP contribution in [0.25, 0.3) is 0 Å². The Morgan fingerprint density at radius 1 is 0.396 bits per heavy atom. The highest BCUT2D eigenvalue weighted by Gasteiger charge is 2.35. The lowest BCUT2D eigenvalue weighted by molar-refractivity contribution is 0.0715. The molecular formula is C45H81NO2. The van der Waals surface area contributed by atoms with E-state index in [1.165, 1.54) is 154 Å². The third kappa shape index (κ3) is 30.6. The third-order valence-electron chi connectivity index (χ3n) is 9.63. The fourth-order valence-electron chi connectivity index (χ4n) is 6.36. The van der Waals surface area contributed by atoms with E-state index in [1.54, 1.807) is 0 Å². The molecule has 1 saturated heterocycles. The van der Waals surface area contributed by atoms with Crippen molar-refractivity contribution in [2.45, 2.75) is 181 Å². The minimum atomic E-state index is 0.496. The van der Waals surface area contributed by atoms with E-state index in [0.29, 0.717) is 5.41 Å². The van der Waals surface area contributed by atoms with Crippen LogP contribution in [0.2, 0.25) is 0 Å². The van der Waals surface area contributed by atoms with Crippen molar-refractivity contribution >= 4 is 0 Å². The molecular weight excluding hydrogens is 587 g/mol. The monoisotopic (exact) mass is 668 g/mol. The Morgan fingerprint density at radius 2 is 0.771 bits per heavy atom. The molecule has 1 rings (SSSR count). The first-order valence-electron chi connectivity index (χ1n) is 20.9. The maximum absolute atomic E-state index is 5.99. The van der Waals surface area contributed by atoms with Gasteiger partial charge in [-0.25, -0.2) is 0 Å². The maximum Gasteiger partial charge on any atom is 0.0468 e. The normalized spacial score (nSPS) is 15.0. The standard InChI is InChI=1S/C45H81NO2/c1-3-5-7-9-11-13-15-17-19-21-23-25-27-29-31-33-39-47-41-35-37-45(43-46-44-45)38-36-42-48-40-34-32-30-28-26-24-22-20-18-16-14-12-10-8-6-4-2/h11-14,17-20,27,29,46H,3-10,15-16,21-26,28,30-44H2,1-2H3/b13-11-,14-12-,19-17-,20-18-,29-27+. The second-order valence-corrected chi connectivity index (χ2v) is 14.3. The molecule has 3 heteroatoms. The molecule has 3 nitrogen and oxygen atoms in total. The fourth-order valence-corrected chi connectivity index (χ4v) is 6.36. The van der Waals surface area contributed by atoms with Crippen LogP contribution in [0.5, 0.6) is 0 Å². The lowest BCUT2D eigenvalue weighted by atomic mass is 9.74. The highest BCUT2D eigenvalue weighted by Crippen LogP contribution is 2.33. The topological polar surface area (TPSA) is 30.5 Å². The number of hydrogen-bond donors (Lipinski definition) is 1. The van der Waals surface area contributed by atoms with Gasteiger partial charge in [-0.2, -0.15) is 0 Å². The van der Waals surface area contributed by atoms with Gasteiger partial charge in [-0.3, -0.25) is 0 Å². The van der Waals surface area contributed by atoms with E-state index in [2.05, 4.69) is 79.9 Å². The summed E-state index contributed by atoms with van der Waals surface area (Å²) in [4.78, 5) is 0. The third-order valence-corrected chi connectivity index (χ3v) is 9.63. The van der Waals surface area contributed by atoms with Crippen LogP contribution in [0.1, 0.15) is 181 Å². The Bertz CT molecular complexity index is 791. The summed E-state index contributed by atoms with van der Waals surface area (Å²) >= 11 is 0. The molecule has 0 saturated carbocycles. The van der Waals surface area contributed by atoms with E-state index in [4.69, 9.17) is 9.47 Å². The summed E-state index contributed by atoms with van der Waals surface area (Å²) in [6, 6.07) is 0. The smallest absolute Gasteiger partial charge is 0.0468 e. The van der Waals surface area contributed by atoms with Gasteiger partial charge in [0.05, 0.1) is 0 Å². The van der Waals surface area contributed by atoms with Crippen molar-refractivity contribution in [2.75, 3.05) is 39.5 Å². The number of allylic oxidation sites excluding steroid dienone is 10. The average Bonchev–Trinajstić information content (AvgIpc) is 3.08. The fraction of sp³-hybridized carbons (Fsp3) is 0.778. The predicted molar refractivity (Wildman–Crippen MR) is 214 cm³/mol. The maximum atomic E-state index is 5.99. The van der Waals surface area contributed by atoms with Gasteiger partial charge in [0.15, 0.2) is 0 Å². The molecule has 278 valence electrons. The molecule has 0 aromatic heterocycles. The predicted octanol–water partition coefficient (Wildman–Crippen LogP) is 13.6. The number of nitrogens with one attached hydrogen (secondary N) is 1. The van der Waals surface area contributed by atoms with Gasteiger partial charge in [-0.15, -0.1) is 0 Å². The molecule has 0 radical (unpaired) electrons. The van der Waals surface area contributed by atoms with Crippen LogP contribution in [-0.4, -0.2) is 39.5 Å². The zero-order valence-electron chi connectivity index (χ0n) is 32.2. The lowest BCUT2D eigenvalue weighted by Gasteiger charge is -2.43. The molecule has 1 heterocycles. The molecule has 1 N–H and O–H groups in total. The van der Waals surface area contributed by atoms with Crippen molar-refractivity contribution in [3.05, 3.63) is 60.8 Å². The van der Waals surface area contributed by atoms with Gasteiger partial charge in [0.1, 0.15) is 0 Å². The summed E-state index contributed by atoms with van der Waals surface area (Å²) in [5.74, 6) is 0. The van der Waals surface area contributed by atoms with E-state index >= 15 is 0 Å². The molecule has 1 aliphatic heterocycles. The molecule has 0 aliphatic carbocycles. The Balaban J connectivity index is 1.83. The number of hydrogen-bond acceptors (Lipinski definition) is 3. The summed E-state index contributed by atoms with van der Waals surface area (Å²) in [5, 5.41) is 3.52. The van der Waals surface area contributed by atoms with Crippen molar-refractivity contribution < 1.29 is 9.47 Å². The van der Waals surface area contributed by atoms with E-state index < -0.39 is 0 Å². The minimum Gasteiger partial charge on any atom is -0.381 e. The van der Waals surface area contributed by atoms with Crippen LogP contribution in [0.3, 0.4) is 0 Å². The molecule has 48 heavy (non-hydrogen) atoms. The molecule has 0 unspecified atom stereocenters. The Kier molecular flexibility index (Phi) is 34.2. The minimum absolute atomic E-state index is 0.496. The van der Waals surface area contributed by atoms with Crippen molar-refractivity contribution in [1.29, 1.82) is 0 Å². The van der Waals surface area contributed by atoms with Crippen LogP contribution in [0.4, 0.5) is 0 Å². The van der Waals surface area contributed by atoms with Crippen molar-refractivity contribution in [3.8, 4) is 0 Å². The molecule has 0 bridgehead atoms. The second kappa shape index (κ2) is 36.9. The SMILES string of the molecule is CCCCC/C=C\C/C=C\CCC/C=C/CCCOCCCC1(CCCOCCCCCCCC/C=C\C/C=C\CCCCC)CNC1. The highest BCUT2D eigenvalue weighted by atomic mass is 16.5. The summed E-state index contributed by atoms with van der Waals surface area (Å²) in [7, 11) is 0. The number of ether oxygens (including phenoxy) is 2. The number of rotatable bonds is 37. The van der Waals surface area contributed by atoms with Gasteiger partial charge < -0.3 is 14.8 Å². The molecule has 1 aliphatic rings. The molecule has 1 fully saturated rings. The van der Waals surface area contributed by atoms with Gasteiger partial charge in [0.25, 0.3) is 0 Å². The molecule has 0 spiro atoms. The summed E-state index contributed by atoms with van der Waals surface area (Å²) in [6.45, 7) is 10.6. The first kappa shape index (κ1) is 44.6. The largest absolute Gasteiger partial charge is 0.381 e. The summed E-state index contributed by atoms with van der Waals surface area (Å²) < 4.78 is 12.0. The van der Waals surface area contributed by atoms with Crippen LogP contribution >= 0.6 is 0 Å². The van der Waals surface area contributed by atoms with Gasteiger partial charge in [-0.1, -0.05) is 126 Å². The van der Waals surface area contributed by atoms with Crippen molar-refractivity contribution in [3.63, 3.8) is 0 Å². The second-order valence-electron chi connectivity index (χ2n) is 14.3. The van der Waals surface area contributed by atoms with E-state index in [9.17, 15) is 0 Å². The quantitative estimate of drug-likeness (QED) is 0.0528. The van der Waals surface area contributed by atoms with Crippen molar-refractivity contribution in [1.82, 2.24) is 5.32 Å². The van der Waals surface area contributed by atoms with Gasteiger partial charge in [0.2, 0.25) is 0 Å². The Morgan fingerprint density at radius 3 is 1.25 bits per heavy atom. The van der Waals surface area contributed by atoms with Crippen LogP contribution < -0.4 is 5.32 Å². The van der Waals surface area contributed by atoms with E-state index in [-0.39, 0.29) is 0 Å². The van der Waals surface area contributed by atoms with Crippen LogP contribution in [-0.2, 0) is 9.47 Å². The Labute approximate surface area is 300 Å². The molecule has 0 atom stereocenters. The highest BCUT2D eigenvalue weighted by molar-refractivity contribution is 4.94. The van der Waals surface area contributed by atoms with Crippen molar-refractivity contribution in [2.24, 2.45) is 5.41 Å². The van der Waals surface area contributed by atoms with Gasteiger partial charge >= 0.3 is 0 Å². The number of unbranched alkanes of at least 4 members (excludes halogenated alkanes) is 15. The molecule has 0 aromatic carbocycles. The first-order chi connectivity index (χ1) is 23.8. The van der Waals surface area contributed by atoms with Crippen LogP contribution in [0, 0.1) is 5.41 Å². The summed E-state index contributed by atoms with van der Waals surface area (Å²) in [6.07, 6.45) is 56.2. The average molecular weight is 668 g/mol. The van der Waals surface area contributed by atoms with Crippen LogP contribution in [0.15, 0.2) is 60.8 Å². The first-order valence-corrected chi connectivity index (χ1v) is 20.9. The van der Waals surface area contributed by atoms with Gasteiger partial charge in [0, 0.05) is 39.5 Å². The zero-order valence-corrected chi connectivity index (χ0v) is 32.2. The lowest BCUT2D eigenvalue weighted by Crippen LogP contribution is -2.53. The summed E-state index contributed by atoms with van der Waals surface area (Å²) in [5.41, 5.74) is 0.496. The van der Waals surface area contributed by atoms with E-state index in [0.717, 1.165) is 52.1 Å². The van der Waals surface area contributed by atoms with E-state index in [1.807, 2.05) is 0 Å². The zero-order chi connectivity index (χ0) is 34.3. The van der Waals surface area contributed by atoms with Gasteiger partial charge in [-0.05, 0) is 121 Å². The Hall–Kier alpha value is -1.42. The molecule has 0 aromatic rings. The molecule has 0 amide bonds.